The zero-order valence-corrected chi connectivity index (χ0v) is 16.3. The Bertz CT molecular complexity index is 968. The van der Waals surface area contributed by atoms with Gasteiger partial charge in [0.2, 0.25) is 11.8 Å². The van der Waals surface area contributed by atoms with Gasteiger partial charge in [0, 0.05) is 31.2 Å². The number of nitrogens with zero attached hydrogens (tertiary/aromatic N) is 4. The van der Waals surface area contributed by atoms with E-state index < -0.39 is 0 Å². The highest BCUT2D eigenvalue weighted by Crippen LogP contribution is 2.10. The van der Waals surface area contributed by atoms with Gasteiger partial charge in [-0.2, -0.15) is 0 Å². The molecule has 3 heterocycles. The molecule has 2 N–H and O–H groups in total. The maximum Gasteiger partial charge on any atom is 0.235 e. The van der Waals surface area contributed by atoms with E-state index in [9.17, 15) is 9.59 Å². The molecule has 3 aromatic heterocycles. The van der Waals surface area contributed by atoms with E-state index in [0.717, 1.165) is 17.2 Å². The molecule has 0 radical (unpaired) electrons. The lowest BCUT2D eigenvalue weighted by atomic mass is 10.2. The fraction of sp³-hybridized carbons (Fsp3) is 0.278. The standard InChI is InChI=1S/C18H20N6O3S/c1-12-7-15(23-27-12)22-18(26)11-28-10-17(25)21-9-14-3-4-20-16(8-14)24-6-5-19-13(24)2/h3-8H,9-11H2,1-2H3,(H,21,25)(H,22,23,26). The number of anilines is 1. The van der Waals surface area contributed by atoms with Gasteiger partial charge in [-0.1, -0.05) is 5.16 Å². The maximum absolute atomic E-state index is 12.0. The molecule has 0 spiro atoms. The Kier molecular flexibility index (Phi) is 6.43. The van der Waals surface area contributed by atoms with Crippen molar-refractivity contribution in [1.82, 2.24) is 25.0 Å². The Morgan fingerprint density at radius 2 is 1.96 bits per heavy atom. The number of carbonyl (C=O) groups is 2. The zero-order valence-electron chi connectivity index (χ0n) is 15.5. The molecule has 0 saturated carbocycles. The van der Waals surface area contributed by atoms with Crippen LogP contribution in [0.5, 0.6) is 0 Å². The predicted molar refractivity (Wildman–Crippen MR) is 105 cm³/mol. The van der Waals surface area contributed by atoms with Gasteiger partial charge in [-0.15, -0.1) is 11.8 Å². The third-order valence-corrected chi connectivity index (χ3v) is 4.67. The zero-order chi connectivity index (χ0) is 19.9. The van der Waals surface area contributed by atoms with E-state index >= 15 is 0 Å². The van der Waals surface area contributed by atoms with Gasteiger partial charge < -0.3 is 15.2 Å². The molecule has 0 atom stereocenters. The van der Waals surface area contributed by atoms with Crippen LogP contribution in [0.2, 0.25) is 0 Å². The van der Waals surface area contributed by atoms with Crippen LogP contribution in [-0.4, -0.2) is 43.0 Å². The Labute approximate surface area is 165 Å². The largest absolute Gasteiger partial charge is 0.360 e. The lowest BCUT2D eigenvalue weighted by molar-refractivity contribution is -0.118. The van der Waals surface area contributed by atoms with Crippen molar-refractivity contribution in [3.8, 4) is 5.82 Å². The number of pyridine rings is 1. The van der Waals surface area contributed by atoms with Crippen molar-refractivity contribution >= 4 is 29.4 Å². The summed E-state index contributed by atoms with van der Waals surface area (Å²) < 4.78 is 6.75. The number of nitrogens with one attached hydrogen (secondary N) is 2. The van der Waals surface area contributed by atoms with Crippen LogP contribution >= 0.6 is 11.8 Å². The van der Waals surface area contributed by atoms with Crippen molar-refractivity contribution in [2.24, 2.45) is 0 Å². The van der Waals surface area contributed by atoms with E-state index in [-0.39, 0.29) is 23.3 Å². The third kappa shape index (κ3) is 5.43. The second kappa shape index (κ2) is 9.18. The number of carbonyl (C=O) groups excluding carboxylic acids is 2. The molecule has 0 unspecified atom stereocenters. The number of aryl methyl sites for hydroxylation is 2. The molecule has 0 fully saturated rings. The third-order valence-electron chi connectivity index (χ3n) is 3.73. The van der Waals surface area contributed by atoms with E-state index in [1.165, 1.54) is 11.8 Å². The number of imidazole rings is 1. The van der Waals surface area contributed by atoms with E-state index in [1.807, 2.05) is 29.8 Å². The van der Waals surface area contributed by atoms with Gasteiger partial charge in [0.05, 0.1) is 11.5 Å². The first-order valence-electron chi connectivity index (χ1n) is 8.54. The summed E-state index contributed by atoms with van der Waals surface area (Å²) in [7, 11) is 0. The predicted octanol–water partition coefficient (Wildman–Crippen LogP) is 1.86. The van der Waals surface area contributed by atoms with Gasteiger partial charge in [-0.05, 0) is 31.5 Å². The van der Waals surface area contributed by atoms with Crippen LogP contribution in [-0.2, 0) is 16.1 Å². The first-order chi connectivity index (χ1) is 13.5. The summed E-state index contributed by atoms with van der Waals surface area (Å²) in [5.74, 6) is 2.52. The number of hydrogen-bond donors (Lipinski definition) is 2. The van der Waals surface area contributed by atoms with Gasteiger partial charge in [0.15, 0.2) is 5.82 Å². The second-order valence-corrected chi connectivity index (χ2v) is 6.99. The molecular formula is C18H20N6O3S. The van der Waals surface area contributed by atoms with Crippen molar-refractivity contribution in [2.45, 2.75) is 20.4 Å². The van der Waals surface area contributed by atoms with Crippen LogP contribution in [0.25, 0.3) is 5.82 Å². The molecule has 0 bridgehead atoms. The fourth-order valence-electron chi connectivity index (χ4n) is 2.41. The van der Waals surface area contributed by atoms with Crippen molar-refractivity contribution in [3.05, 3.63) is 53.9 Å². The summed E-state index contributed by atoms with van der Waals surface area (Å²) in [5.41, 5.74) is 0.926. The molecule has 10 heteroatoms. The Balaban J connectivity index is 1.41. The van der Waals surface area contributed by atoms with Crippen LogP contribution in [0.3, 0.4) is 0 Å². The molecule has 0 aliphatic rings. The normalized spacial score (nSPS) is 10.6. The summed E-state index contributed by atoms with van der Waals surface area (Å²) in [5, 5.41) is 9.14. The smallest absolute Gasteiger partial charge is 0.235 e. The topological polar surface area (TPSA) is 115 Å². The SMILES string of the molecule is Cc1cc(NC(=O)CSCC(=O)NCc2ccnc(-n3ccnc3C)c2)no1. The lowest BCUT2D eigenvalue weighted by Gasteiger charge is -2.08. The summed E-state index contributed by atoms with van der Waals surface area (Å²) in [6.07, 6.45) is 5.24. The Hall–Kier alpha value is -3.14. The van der Waals surface area contributed by atoms with E-state index in [1.54, 1.807) is 25.4 Å². The number of thioether (sulfide) groups is 1. The Morgan fingerprint density at radius 1 is 1.14 bits per heavy atom. The van der Waals surface area contributed by atoms with E-state index in [2.05, 4.69) is 25.8 Å². The number of rotatable bonds is 8. The highest BCUT2D eigenvalue weighted by molar-refractivity contribution is 8.00. The molecule has 0 saturated heterocycles. The lowest BCUT2D eigenvalue weighted by Crippen LogP contribution is -2.25. The quantitative estimate of drug-likeness (QED) is 0.593. The molecule has 0 aromatic carbocycles. The van der Waals surface area contributed by atoms with Crippen molar-refractivity contribution in [2.75, 3.05) is 16.8 Å². The van der Waals surface area contributed by atoms with Crippen LogP contribution in [0, 0.1) is 13.8 Å². The molecule has 28 heavy (non-hydrogen) atoms. The number of hydrogen-bond acceptors (Lipinski definition) is 7. The fourth-order valence-corrected chi connectivity index (χ4v) is 3.06. The second-order valence-electron chi connectivity index (χ2n) is 6.01. The molecule has 146 valence electrons. The molecule has 3 aromatic rings. The van der Waals surface area contributed by atoms with Gasteiger partial charge in [0.1, 0.15) is 17.4 Å². The summed E-state index contributed by atoms with van der Waals surface area (Å²) in [4.78, 5) is 32.3. The monoisotopic (exact) mass is 400 g/mol. The molecule has 0 aliphatic heterocycles. The molecule has 0 aliphatic carbocycles. The van der Waals surface area contributed by atoms with Crippen molar-refractivity contribution < 1.29 is 14.1 Å². The minimum atomic E-state index is -0.236. The molecule has 2 amide bonds. The molecule has 3 rings (SSSR count). The average Bonchev–Trinajstić information content (AvgIpc) is 3.28. The van der Waals surface area contributed by atoms with Gasteiger partial charge in [-0.3, -0.25) is 14.2 Å². The van der Waals surface area contributed by atoms with Crippen LogP contribution in [0.4, 0.5) is 5.82 Å². The first-order valence-corrected chi connectivity index (χ1v) is 9.69. The number of amides is 2. The minimum absolute atomic E-state index is 0.146. The summed E-state index contributed by atoms with van der Waals surface area (Å²) >= 11 is 1.23. The van der Waals surface area contributed by atoms with Gasteiger partial charge in [0.25, 0.3) is 0 Å². The summed E-state index contributed by atoms with van der Waals surface area (Å²) in [6, 6.07) is 5.37. The molecule has 9 nitrogen and oxygen atoms in total. The highest BCUT2D eigenvalue weighted by atomic mass is 32.2. The average molecular weight is 400 g/mol. The minimum Gasteiger partial charge on any atom is -0.360 e. The van der Waals surface area contributed by atoms with Crippen LogP contribution < -0.4 is 10.6 Å². The highest BCUT2D eigenvalue weighted by Gasteiger charge is 2.09. The van der Waals surface area contributed by atoms with Gasteiger partial charge >= 0.3 is 0 Å². The van der Waals surface area contributed by atoms with Gasteiger partial charge in [-0.25, -0.2) is 9.97 Å². The van der Waals surface area contributed by atoms with E-state index in [4.69, 9.17) is 4.52 Å². The number of aromatic nitrogens is 4. The first kappa shape index (κ1) is 19.6. The van der Waals surface area contributed by atoms with Crippen molar-refractivity contribution in [3.63, 3.8) is 0 Å². The molecular weight excluding hydrogens is 380 g/mol. The summed E-state index contributed by atoms with van der Waals surface area (Å²) in [6.45, 7) is 4.02. The van der Waals surface area contributed by atoms with Crippen LogP contribution in [0.1, 0.15) is 17.1 Å². The Morgan fingerprint density at radius 3 is 2.68 bits per heavy atom. The van der Waals surface area contributed by atoms with E-state index in [0.29, 0.717) is 18.1 Å². The van der Waals surface area contributed by atoms with Crippen molar-refractivity contribution in [1.29, 1.82) is 0 Å². The maximum atomic E-state index is 12.0. The van der Waals surface area contributed by atoms with Crippen LogP contribution in [0.15, 0.2) is 41.3 Å².